The molecule has 0 radical (unpaired) electrons. The molecule has 144 valence electrons. The maximum Gasteiger partial charge on any atom is 0.338 e. The van der Waals surface area contributed by atoms with E-state index in [1.165, 1.54) is 17.0 Å². The number of hydrogen-bond acceptors (Lipinski definition) is 4. The third-order valence-electron chi connectivity index (χ3n) is 3.78. The van der Waals surface area contributed by atoms with Crippen molar-refractivity contribution in [2.24, 2.45) is 0 Å². The molecule has 2 rings (SSSR count). The van der Waals surface area contributed by atoms with Crippen LogP contribution >= 0.6 is 11.6 Å². The summed E-state index contributed by atoms with van der Waals surface area (Å²) < 4.78 is 5.31. The summed E-state index contributed by atoms with van der Waals surface area (Å²) in [5.74, 6) is -0.793. The molecule has 0 aliphatic rings. The Balaban J connectivity index is 2.14. The third kappa shape index (κ3) is 5.93. The fraction of sp³-hybridized carbons (Fsp3) is 0.136. The molecule has 0 bridgehead atoms. The van der Waals surface area contributed by atoms with Gasteiger partial charge in [-0.15, -0.1) is 0 Å². The number of benzene rings is 2. The topological polar surface area (TPSA) is 70.5 Å². The van der Waals surface area contributed by atoms with Crippen LogP contribution in [0.1, 0.15) is 17.3 Å². The Morgan fingerprint density at radius 3 is 2.54 bits per heavy atom. The number of nitrogens with one attached hydrogen (secondary N) is 1. The van der Waals surface area contributed by atoms with Gasteiger partial charge in [-0.2, -0.15) is 0 Å². The van der Waals surface area contributed by atoms with Gasteiger partial charge in [0.25, 0.3) is 5.91 Å². The van der Waals surface area contributed by atoms with Crippen LogP contribution in [-0.2, 0) is 9.53 Å². The zero-order valence-corrected chi connectivity index (χ0v) is 16.2. The fourth-order valence-corrected chi connectivity index (χ4v) is 2.70. The van der Waals surface area contributed by atoms with Gasteiger partial charge in [-0.3, -0.25) is 4.79 Å². The molecule has 1 amide bonds. The quantitative estimate of drug-likeness (QED) is 0.305. The van der Waals surface area contributed by atoms with Crippen LogP contribution in [0.5, 0.6) is 0 Å². The molecule has 2 aromatic rings. The van der Waals surface area contributed by atoms with E-state index in [-0.39, 0.29) is 19.1 Å². The fourth-order valence-electron chi connectivity index (χ4n) is 2.51. The van der Waals surface area contributed by atoms with E-state index in [2.05, 4.69) is 0 Å². The number of carbonyl (C=O) groups excluding carboxylic acids is 2. The summed E-state index contributed by atoms with van der Waals surface area (Å²) in [7, 11) is 0. The van der Waals surface area contributed by atoms with Crippen molar-refractivity contribution in [1.29, 1.82) is 5.41 Å². The van der Waals surface area contributed by atoms with Gasteiger partial charge in [0, 0.05) is 22.5 Å². The number of para-hydroxylation sites is 1. The number of hydrogen-bond donors (Lipinski definition) is 1. The molecular formula is C22H21ClN2O3. The molecule has 0 spiro atoms. The van der Waals surface area contributed by atoms with Gasteiger partial charge in [-0.1, -0.05) is 48.0 Å². The summed E-state index contributed by atoms with van der Waals surface area (Å²) in [6, 6.07) is 15.6. The highest BCUT2D eigenvalue weighted by Gasteiger charge is 2.19. The largest absolute Gasteiger partial charge is 0.460 e. The highest BCUT2D eigenvalue weighted by Crippen LogP contribution is 2.17. The minimum absolute atomic E-state index is 0.0136. The minimum Gasteiger partial charge on any atom is -0.460 e. The molecule has 0 fully saturated rings. The summed E-state index contributed by atoms with van der Waals surface area (Å²) in [4.78, 5) is 26.7. The molecule has 5 nitrogen and oxygen atoms in total. The molecule has 0 unspecified atom stereocenters. The van der Waals surface area contributed by atoms with Gasteiger partial charge in [-0.05, 0) is 43.3 Å². The van der Waals surface area contributed by atoms with Gasteiger partial charge in [0.2, 0.25) is 0 Å². The van der Waals surface area contributed by atoms with Crippen LogP contribution in [-0.4, -0.2) is 31.2 Å². The molecule has 28 heavy (non-hydrogen) atoms. The van der Waals surface area contributed by atoms with Crippen molar-refractivity contribution >= 4 is 35.4 Å². The van der Waals surface area contributed by atoms with Crippen LogP contribution in [0.25, 0.3) is 0 Å². The van der Waals surface area contributed by atoms with Crippen molar-refractivity contribution in [2.75, 3.05) is 18.1 Å². The first-order chi connectivity index (χ1) is 13.6. The SMILES string of the molecule is C/C=C\C(=C/C=N)C(=O)N(CCOC(=O)c1cccc(Cl)c1)c1ccccc1. The van der Waals surface area contributed by atoms with Crippen molar-refractivity contribution < 1.29 is 14.3 Å². The highest BCUT2D eigenvalue weighted by atomic mass is 35.5. The summed E-state index contributed by atoms with van der Waals surface area (Å²) >= 11 is 5.90. The Labute approximate surface area is 169 Å². The van der Waals surface area contributed by atoms with Crippen LogP contribution < -0.4 is 4.90 Å². The van der Waals surface area contributed by atoms with Gasteiger partial charge in [0.05, 0.1) is 12.1 Å². The van der Waals surface area contributed by atoms with E-state index in [9.17, 15) is 9.59 Å². The van der Waals surface area contributed by atoms with Crippen LogP contribution in [0.3, 0.4) is 0 Å². The van der Waals surface area contributed by atoms with Crippen molar-refractivity contribution in [3.8, 4) is 0 Å². The lowest BCUT2D eigenvalue weighted by Gasteiger charge is -2.23. The lowest BCUT2D eigenvalue weighted by Crippen LogP contribution is -2.35. The van der Waals surface area contributed by atoms with E-state index in [4.69, 9.17) is 21.7 Å². The lowest BCUT2D eigenvalue weighted by molar-refractivity contribution is -0.115. The maximum atomic E-state index is 13.0. The van der Waals surface area contributed by atoms with E-state index < -0.39 is 5.97 Å². The van der Waals surface area contributed by atoms with Crippen LogP contribution in [0.15, 0.2) is 78.4 Å². The maximum absolute atomic E-state index is 13.0. The number of carbonyl (C=O) groups is 2. The van der Waals surface area contributed by atoms with Gasteiger partial charge in [-0.25, -0.2) is 4.79 Å². The Morgan fingerprint density at radius 1 is 1.14 bits per heavy atom. The number of ether oxygens (including phenoxy) is 1. The average molecular weight is 397 g/mol. The first kappa shape index (κ1) is 21.1. The predicted octanol–water partition coefficient (Wildman–Crippen LogP) is 4.68. The van der Waals surface area contributed by atoms with Crippen LogP contribution in [0, 0.1) is 5.41 Å². The zero-order chi connectivity index (χ0) is 20.4. The van der Waals surface area contributed by atoms with Crippen LogP contribution in [0.4, 0.5) is 5.69 Å². The minimum atomic E-state index is -0.508. The molecule has 0 aromatic heterocycles. The molecule has 6 heteroatoms. The molecular weight excluding hydrogens is 376 g/mol. The van der Waals surface area contributed by atoms with Gasteiger partial charge < -0.3 is 15.0 Å². The Hall–Kier alpha value is -3.18. The van der Waals surface area contributed by atoms with Crippen molar-refractivity contribution in [1.82, 2.24) is 0 Å². The van der Waals surface area contributed by atoms with Crippen molar-refractivity contribution in [2.45, 2.75) is 6.92 Å². The summed E-state index contributed by atoms with van der Waals surface area (Å²) in [6.07, 6.45) is 5.86. The first-order valence-corrected chi connectivity index (χ1v) is 9.07. The standard InChI is InChI=1S/C22H21ClN2O3/c1-2-7-17(12-13-24)21(26)25(20-10-4-3-5-11-20)14-15-28-22(27)18-8-6-9-19(23)16-18/h2-13,16,24H,14-15H2,1H3/b7-2-,17-12+,24-13?. The van der Waals surface area contributed by atoms with Gasteiger partial charge in [0.15, 0.2) is 0 Å². The molecule has 0 atom stereocenters. The number of rotatable bonds is 8. The highest BCUT2D eigenvalue weighted by molar-refractivity contribution is 6.30. The lowest BCUT2D eigenvalue weighted by atomic mass is 10.1. The molecule has 0 aliphatic carbocycles. The van der Waals surface area contributed by atoms with E-state index in [1.807, 2.05) is 18.2 Å². The molecule has 1 N–H and O–H groups in total. The molecule has 0 aliphatic heterocycles. The molecule has 2 aromatic carbocycles. The normalized spacial score (nSPS) is 11.3. The average Bonchev–Trinajstić information content (AvgIpc) is 2.71. The predicted molar refractivity (Wildman–Crippen MR) is 112 cm³/mol. The summed E-state index contributed by atoms with van der Waals surface area (Å²) in [5, 5.41) is 7.72. The Bertz CT molecular complexity index is 892. The van der Waals surface area contributed by atoms with E-state index in [0.29, 0.717) is 21.8 Å². The molecule has 0 heterocycles. The van der Waals surface area contributed by atoms with Crippen molar-refractivity contribution in [3.05, 3.63) is 89.0 Å². The molecule has 0 saturated heterocycles. The summed E-state index contributed by atoms with van der Waals surface area (Å²) in [5.41, 5.74) is 1.39. The van der Waals surface area contributed by atoms with E-state index in [0.717, 1.165) is 6.21 Å². The number of anilines is 1. The Morgan fingerprint density at radius 2 is 1.89 bits per heavy atom. The smallest absolute Gasteiger partial charge is 0.338 e. The van der Waals surface area contributed by atoms with Gasteiger partial charge >= 0.3 is 5.97 Å². The van der Waals surface area contributed by atoms with Gasteiger partial charge in [0.1, 0.15) is 6.61 Å². The van der Waals surface area contributed by atoms with E-state index >= 15 is 0 Å². The molecule has 0 saturated carbocycles. The first-order valence-electron chi connectivity index (χ1n) is 8.70. The monoisotopic (exact) mass is 396 g/mol. The number of amides is 1. The second kappa shape index (κ2) is 10.8. The zero-order valence-electron chi connectivity index (χ0n) is 15.5. The number of halogens is 1. The van der Waals surface area contributed by atoms with E-state index in [1.54, 1.807) is 49.4 Å². The number of nitrogens with zero attached hydrogens (tertiary/aromatic N) is 1. The second-order valence-corrected chi connectivity index (χ2v) is 6.16. The number of esters is 1. The summed E-state index contributed by atoms with van der Waals surface area (Å²) in [6.45, 7) is 1.98. The number of allylic oxidation sites excluding steroid dienone is 2. The third-order valence-corrected chi connectivity index (χ3v) is 4.01. The van der Waals surface area contributed by atoms with Crippen LogP contribution in [0.2, 0.25) is 5.02 Å². The Kier molecular flexibility index (Phi) is 8.18. The second-order valence-electron chi connectivity index (χ2n) is 5.73. The van der Waals surface area contributed by atoms with Crippen molar-refractivity contribution in [3.63, 3.8) is 0 Å².